The number of nitrogens with zero attached hydrogens (tertiary/aromatic N) is 3. The van der Waals surface area contributed by atoms with Gasteiger partial charge in [-0.2, -0.15) is 13.2 Å². The number of allylic oxidation sites excluding steroid dienone is 3. The molecule has 5 rings (SSSR count). The lowest BCUT2D eigenvalue weighted by Gasteiger charge is -2.28. The minimum Gasteiger partial charge on any atom is -0.456 e. The van der Waals surface area contributed by atoms with E-state index in [2.05, 4.69) is 45.8 Å². The molecule has 1 unspecified atom stereocenters. The van der Waals surface area contributed by atoms with Crippen molar-refractivity contribution in [3.63, 3.8) is 0 Å². The first kappa shape index (κ1) is 28.0. The number of halogens is 4. The molecule has 2 heterocycles. The molecule has 0 bridgehead atoms. The zero-order chi connectivity index (χ0) is 28.3. The van der Waals surface area contributed by atoms with E-state index < -0.39 is 11.7 Å². The normalized spacial score (nSPS) is 17.2. The molecule has 3 N–H and O–H groups in total. The average Bonchev–Trinajstić information content (AvgIpc) is 3.36. The third kappa shape index (κ3) is 6.44. The lowest BCUT2D eigenvalue weighted by Crippen LogP contribution is -2.32. The van der Waals surface area contributed by atoms with Gasteiger partial charge in [0.15, 0.2) is 5.82 Å². The van der Waals surface area contributed by atoms with Crippen molar-refractivity contribution >= 4 is 50.4 Å². The van der Waals surface area contributed by atoms with Crippen molar-refractivity contribution in [2.45, 2.75) is 19.5 Å². The Morgan fingerprint density at radius 1 is 1.18 bits per heavy atom. The van der Waals surface area contributed by atoms with Crippen LogP contribution in [0.3, 0.4) is 0 Å². The molecule has 0 spiro atoms. The van der Waals surface area contributed by atoms with Gasteiger partial charge in [-0.3, -0.25) is 0 Å². The van der Waals surface area contributed by atoms with Gasteiger partial charge in [0.25, 0.3) is 0 Å². The first-order valence-corrected chi connectivity index (χ1v) is 13.6. The molecule has 0 fully saturated rings. The number of nitrogens with one attached hydrogen (secondary N) is 2. The van der Waals surface area contributed by atoms with Gasteiger partial charge in [-0.25, -0.2) is 15.0 Å². The van der Waals surface area contributed by atoms with Crippen molar-refractivity contribution in [3.05, 3.63) is 82.6 Å². The van der Waals surface area contributed by atoms with Crippen LogP contribution in [0.15, 0.2) is 67.0 Å². The fraction of sp³-hybridized carbons (Fsp3) is 0.250. The van der Waals surface area contributed by atoms with Crippen molar-refractivity contribution in [2.24, 2.45) is 5.41 Å². The highest BCUT2D eigenvalue weighted by Gasteiger charge is 2.30. The highest BCUT2D eigenvalue weighted by Crippen LogP contribution is 2.38. The van der Waals surface area contributed by atoms with Gasteiger partial charge in [-0.05, 0) is 42.8 Å². The number of aliphatic hydroxyl groups is 1. The SMILES string of the molecule is CC1(CNCCO)C=CC(c2nc3c(Nc4ccc(Oc5cccc(C(F)(F)F)c5)c(Cl)c4)ncnc3s2)=CC1. The molecule has 2 aromatic heterocycles. The number of alkyl halides is 3. The second-order valence-electron chi connectivity index (χ2n) is 9.54. The minimum atomic E-state index is -4.47. The van der Waals surface area contributed by atoms with E-state index in [1.54, 1.807) is 18.2 Å². The lowest BCUT2D eigenvalue weighted by atomic mass is 9.82. The van der Waals surface area contributed by atoms with Gasteiger partial charge >= 0.3 is 6.18 Å². The molecule has 4 aromatic rings. The summed E-state index contributed by atoms with van der Waals surface area (Å²) in [5, 5.41) is 16.5. The largest absolute Gasteiger partial charge is 0.456 e. The van der Waals surface area contributed by atoms with Crippen LogP contribution >= 0.6 is 22.9 Å². The number of hydrogen-bond donors (Lipinski definition) is 3. The van der Waals surface area contributed by atoms with E-state index in [9.17, 15) is 13.2 Å². The van der Waals surface area contributed by atoms with Crippen LogP contribution in [-0.4, -0.2) is 39.8 Å². The fourth-order valence-electron chi connectivity index (χ4n) is 4.14. The van der Waals surface area contributed by atoms with Gasteiger partial charge in [0.05, 0.1) is 17.2 Å². The van der Waals surface area contributed by atoms with Crippen molar-refractivity contribution < 1.29 is 23.0 Å². The Morgan fingerprint density at radius 2 is 2.02 bits per heavy atom. The summed E-state index contributed by atoms with van der Waals surface area (Å²) in [6, 6.07) is 9.47. The smallest absolute Gasteiger partial charge is 0.416 e. The molecule has 7 nitrogen and oxygen atoms in total. The first-order valence-electron chi connectivity index (χ1n) is 12.4. The van der Waals surface area contributed by atoms with E-state index in [-0.39, 0.29) is 28.5 Å². The van der Waals surface area contributed by atoms with Gasteiger partial charge in [0.2, 0.25) is 0 Å². The molecule has 208 valence electrons. The summed E-state index contributed by atoms with van der Waals surface area (Å²) in [6.45, 7) is 3.59. The van der Waals surface area contributed by atoms with Crippen LogP contribution < -0.4 is 15.4 Å². The highest BCUT2D eigenvalue weighted by atomic mass is 35.5. The topological polar surface area (TPSA) is 92.2 Å². The standard InChI is InChI=1S/C28H25ClF3N5O2S/c1-27(15-33-11-12-38)9-7-17(8-10-27)25-37-23-24(34-16-35-26(23)40-25)36-19-5-6-22(21(29)14-19)39-20-4-2-3-18(13-20)28(30,31)32/h2-9,13-14,16,33,38H,10-12,15H2,1H3,(H,34,35,36). The van der Waals surface area contributed by atoms with Crippen molar-refractivity contribution in [1.29, 1.82) is 0 Å². The molecule has 0 saturated carbocycles. The summed E-state index contributed by atoms with van der Waals surface area (Å²) < 4.78 is 44.7. The Bertz CT molecular complexity index is 1590. The van der Waals surface area contributed by atoms with Gasteiger partial charge in [0.1, 0.15) is 33.2 Å². The van der Waals surface area contributed by atoms with E-state index in [0.29, 0.717) is 23.6 Å². The summed E-state index contributed by atoms with van der Waals surface area (Å²) in [4.78, 5) is 14.2. The van der Waals surface area contributed by atoms with E-state index >= 15 is 0 Å². The predicted molar refractivity (Wildman–Crippen MR) is 151 cm³/mol. The molecule has 12 heteroatoms. The summed E-state index contributed by atoms with van der Waals surface area (Å²) in [6.07, 6.45) is 4.19. The molecule has 1 atom stereocenters. The summed E-state index contributed by atoms with van der Waals surface area (Å²) in [7, 11) is 0. The average molecular weight is 588 g/mol. The number of aromatic nitrogens is 3. The quantitative estimate of drug-likeness (QED) is 0.178. The number of fused-ring (bicyclic) bond motifs is 1. The maximum Gasteiger partial charge on any atom is 0.416 e. The Balaban J connectivity index is 1.31. The lowest BCUT2D eigenvalue weighted by molar-refractivity contribution is -0.137. The van der Waals surface area contributed by atoms with E-state index in [0.717, 1.165) is 40.5 Å². The second-order valence-corrected chi connectivity index (χ2v) is 10.9. The first-order chi connectivity index (χ1) is 19.1. The molecule has 40 heavy (non-hydrogen) atoms. The Labute approximate surface area is 237 Å². The van der Waals surface area contributed by atoms with Gasteiger partial charge in [-0.1, -0.05) is 54.2 Å². The van der Waals surface area contributed by atoms with Crippen LogP contribution in [0.25, 0.3) is 15.9 Å². The predicted octanol–water partition coefficient (Wildman–Crippen LogP) is 7.23. The summed E-state index contributed by atoms with van der Waals surface area (Å²) in [5.41, 5.74) is 1.36. The zero-order valence-electron chi connectivity index (χ0n) is 21.3. The van der Waals surface area contributed by atoms with Crippen molar-refractivity contribution in [1.82, 2.24) is 20.3 Å². The van der Waals surface area contributed by atoms with Crippen LogP contribution in [0.1, 0.15) is 23.9 Å². The third-order valence-corrected chi connectivity index (χ3v) is 7.60. The number of aliphatic hydroxyl groups excluding tert-OH is 1. The van der Waals surface area contributed by atoms with Crippen LogP contribution in [-0.2, 0) is 6.18 Å². The van der Waals surface area contributed by atoms with Crippen LogP contribution in [0, 0.1) is 5.41 Å². The number of rotatable bonds is 9. The molecular weight excluding hydrogens is 563 g/mol. The van der Waals surface area contributed by atoms with Gasteiger partial charge in [-0.15, -0.1) is 0 Å². The molecule has 0 aliphatic heterocycles. The second kappa shape index (κ2) is 11.5. The molecule has 0 saturated heterocycles. The molecule has 0 radical (unpaired) electrons. The van der Waals surface area contributed by atoms with Crippen molar-refractivity contribution in [2.75, 3.05) is 25.0 Å². The van der Waals surface area contributed by atoms with Crippen LogP contribution in [0.2, 0.25) is 5.02 Å². The number of thiazole rings is 1. The van der Waals surface area contributed by atoms with E-state index in [1.165, 1.54) is 29.8 Å². The minimum absolute atomic E-state index is 0.0257. The molecule has 1 aliphatic rings. The molecule has 0 amide bonds. The number of ether oxygens (including phenoxy) is 1. The Hall–Kier alpha value is -3.51. The van der Waals surface area contributed by atoms with E-state index in [4.69, 9.17) is 26.4 Å². The number of hydrogen-bond acceptors (Lipinski definition) is 8. The zero-order valence-corrected chi connectivity index (χ0v) is 22.9. The van der Waals surface area contributed by atoms with Crippen LogP contribution in [0.4, 0.5) is 24.7 Å². The number of anilines is 2. The molecule has 1 aliphatic carbocycles. The van der Waals surface area contributed by atoms with E-state index in [1.807, 2.05) is 0 Å². The third-order valence-electron chi connectivity index (χ3n) is 6.30. The number of benzene rings is 2. The maximum absolute atomic E-state index is 13.0. The molecular formula is C28H25ClF3N5O2S. The molecule has 2 aromatic carbocycles. The Morgan fingerprint density at radius 3 is 2.75 bits per heavy atom. The monoisotopic (exact) mass is 587 g/mol. The highest BCUT2D eigenvalue weighted by molar-refractivity contribution is 7.19. The van der Waals surface area contributed by atoms with Gasteiger partial charge in [0, 0.05) is 29.8 Å². The fourth-order valence-corrected chi connectivity index (χ4v) is 5.29. The van der Waals surface area contributed by atoms with Crippen LogP contribution in [0.5, 0.6) is 11.5 Å². The summed E-state index contributed by atoms with van der Waals surface area (Å²) in [5.74, 6) is 0.733. The maximum atomic E-state index is 13.0. The Kier molecular flexibility index (Phi) is 8.09. The summed E-state index contributed by atoms with van der Waals surface area (Å²) >= 11 is 7.86. The van der Waals surface area contributed by atoms with Gasteiger partial charge < -0.3 is 20.5 Å². The van der Waals surface area contributed by atoms with Crippen molar-refractivity contribution in [3.8, 4) is 11.5 Å².